The molecule has 0 spiro atoms. The Labute approximate surface area is 140 Å². The van der Waals surface area contributed by atoms with Crippen molar-refractivity contribution < 1.29 is 9.59 Å². The number of hydrogen-bond acceptors (Lipinski definition) is 3. The second-order valence-corrected chi connectivity index (χ2v) is 6.95. The molecule has 1 N–H and O–H groups in total. The van der Waals surface area contributed by atoms with Crippen LogP contribution < -0.4 is 5.32 Å². The average molecular weight is 321 g/mol. The van der Waals surface area contributed by atoms with E-state index in [2.05, 4.69) is 25.2 Å². The normalized spacial score (nSPS) is 25.3. The van der Waals surface area contributed by atoms with Crippen LogP contribution in [0.15, 0.2) is 11.6 Å². The smallest absolute Gasteiger partial charge is 0.223 e. The lowest BCUT2D eigenvalue weighted by Gasteiger charge is -2.34. The Bertz CT molecular complexity index is 453. The average Bonchev–Trinajstić information content (AvgIpc) is 2.53. The van der Waals surface area contributed by atoms with Crippen LogP contribution in [0, 0.1) is 11.8 Å². The molecule has 2 atom stereocenters. The minimum atomic E-state index is 0.101. The highest BCUT2D eigenvalue weighted by Gasteiger charge is 2.23. The van der Waals surface area contributed by atoms with Gasteiger partial charge in [0.2, 0.25) is 11.8 Å². The van der Waals surface area contributed by atoms with Crippen LogP contribution in [0.25, 0.3) is 0 Å². The molecule has 2 amide bonds. The number of carbonyl (C=O) groups is 2. The van der Waals surface area contributed by atoms with Gasteiger partial charge in [-0.2, -0.15) is 0 Å². The van der Waals surface area contributed by atoms with Gasteiger partial charge in [0.05, 0.1) is 0 Å². The molecular weight excluding hydrogens is 290 g/mol. The van der Waals surface area contributed by atoms with E-state index in [0.717, 1.165) is 19.0 Å². The van der Waals surface area contributed by atoms with Gasteiger partial charge < -0.3 is 15.1 Å². The third kappa shape index (κ3) is 5.06. The molecule has 1 fully saturated rings. The lowest BCUT2D eigenvalue weighted by atomic mass is 9.80. The second-order valence-electron chi connectivity index (χ2n) is 6.95. The fourth-order valence-corrected chi connectivity index (χ4v) is 3.62. The zero-order valence-electron chi connectivity index (χ0n) is 14.8. The van der Waals surface area contributed by atoms with Crippen LogP contribution in [0.2, 0.25) is 0 Å². The van der Waals surface area contributed by atoms with Crippen molar-refractivity contribution in [2.24, 2.45) is 11.8 Å². The fraction of sp³-hybridized carbons (Fsp3) is 0.778. The van der Waals surface area contributed by atoms with E-state index in [0.29, 0.717) is 38.5 Å². The SMILES string of the molecule is CC(=O)N1CCN(C(=O)CCNCC2C(C)=CCCC2C)CC1. The molecule has 5 heteroatoms. The number of carbonyl (C=O) groups excluding carboxylic acids is 2. The number of piperazine rings is 1. The quantitative estimate of drug-likeness (QED) is 0.619. The monoisotopic (exact) mass is 321 g/mol. The van der Waals surface area contributed by atoms with E-state index in [1.807, 2.05) is 9.80 Å². The number of hydrogen-bond donors (Lipinski definition) is 1. The molecule has 0 aromatic carbocycles. The summed E-state index contributed by atoms with van der Waals surface area (Å²) in [6.07, 6.45) is 5.37. The maximum absolute atomic E-state index is 12.2. The molecule has 1 aliphatic heterocycles. The van der Waals surface area contributed by atoms with Crippen molar-refractivity contribution in [1.29, 1.82) is 0 Å². The van der Waals surface area contributed by atoms with E-state index in [-0.39, 0.29) is 11.8 Å². The van der Waals surface area contributed by atoms with Gasteiger partial charge >= 0.3 is 0 Å². The lowest BCUT2D eigenvalue weighted by Crippen LogP contribution is -2.50. The molecule has 2 aliphatic rings. The number of allylic oxidation sites excluding steroid dienone is 1. The van der Waals surface area contributed by atoms with Crippen molar-refractivity contribution in [2.45, 2.75) is 40.0 Å². The largest absolute Gasteiger partial charge is 0.339 e. The molecule has 1 aliphatic carbocycles. The van der Waals surface area contributed by atoms with Crippen LogP contribution >= 0.6 is 0 Å². The highest BCUT2D eigenvalue weighted by molar-refractivity contribution is 5.77. The molecular formula is C18H31N3O2. The predicted molar refractivity (Wildman–Crippen MR) is 92.0 cm³/mol. The summed E-state index contributed by atoms with van der Waals surface area (Å²) in [5, 5.41) is 3.46. The number of nitrogens with one attached hydrogen (secondary N) is 1. The predicted octanol–water partition coefficient (Wildman–Crippen LogP) is 1.65. The first-order valence-electron chi connectivity index (χ1n) is 8.89. The maximum Gasteiger partial charge on any atom is 0.223 e. The van der Waals surface area contributed by atoms with Crippen molar-refractivity contribution in [3.05, 3.63) is 11.6 Å². The van der Waals surface area contributed by atoms with Crippen LogP contribution in [-0.2, 0) is 9.59 Å². The minimum absolute atomic E-state index is 0.101. The first-order valence-corrected chi connectivity index (χ1v) is 8.89. The van der Waals surface area contributed by atoms with Gasteiger partial charge in [-0.3, -0.25) is 9.59 Å². The molecule has 1 saturated heterocycles. The Morgan fingerprint density at radius 1 is 1.22 bits per heavy atom. The fourth-order valence-electron chi connectivity index (χ4n) is 3.62. The van der Waals surface area contributed by atoms with E-state index in [9.17, 15) is 9.59 Å². The van der Waals surface area contributed by atoms with Gasteiger partial charge in [-0.25, -0.2) is 0 Å². The standard InChI is InChI=1S/C18H31N3O2/c1-14-5-4-6-15(2)17(14)13-19-8-7-18(23)21-11-9-20(10-12-21)16(3)22/h5,15,17,19H,4,6-13H2,1-3H3. The molecule has 130 valence electrons. The Morgan fingerprint density at radius 3 is 2.48 bits per heavy atom. The number of amides is 2. The van der Waals surface area contributed by atoms with Gasteiger partial charge in [0.1, 0.15) is 0 Å². The molecule has 23 heavy (non-hydrogen) atoms. The summed E-state index contributed by atoms with van der Waals surface area (Å²) in [6, 6.07) is 0. The van der Waals surface area contributed by atoms with Crippen LogP contribution in [0.5, 0.6) is 0 Å². The maximum atomic E-state index is 12.2. The summed E-state index contributed by atoms with van der Waals surface area (Å²) >= 11 is 0. The van der Waals surface area contributed by atoms with E-state index in [1.54, 1.807) is 6.92 Å². The molecule has 0 bridgehead atoms. The third-order valence-corrected chi connectivity index (χ3v) is 5.32. The summed E-state index contributed by atoms with van der Waals surface area (Å²) in [4.78, 5) is 27.2. The van der Waals surface area contributed by atoms with E-state index < -0.39 is 0 Å². The van der Waals surface area contributed by atoms with Crippen LogP contribution in [0.3, 0.4) is 0 Å². The zero-order chi connectivity index (χ0) is 16.8. The highest BCUT2D eigenvalue weighted by atomic mass is 16.2. The first-order chi connectivity index (χ1) is 11.0. The topological polar surface area (TPSA) is 52.7 Å². The molecule has 1 heterocycles. The van der Waals surface area contributed by atoms with Crippen molar-refractivity contribution in [3.63, 3.8) is 0 Å². The van der Waals surface area contributed by atoms with E-state index in [1.165, 1.54) is 18.4 Å². The van der Waals surface area contributed by atoms with Gasteiger partial charge in [-0.05, 0) is 31.6 Å². The summed E-state index contributed by atoms with van der Waals surface area (Å²) in [7, 11) is 0. The molecule has 5 nitrogen and oxygen atoms in total. The van der Waals surface area contributed by atoms with Gasteiger partial charge in [0.15, 0.2) is 0 Å². The van der Waals surface area contributed by atoms with Gasteiger partial charge in [0, 0.05) is 52.6 Å². The Balaban J connectivity index is 1.65. The van der Waals surface area contributed by atoms with Gasteiger partial charge in [-0.1, -0.05) is 18.6 Å². The van der Waals surface area contributed by atoms with Gasteiger partial charge in [-0.15, -0.1) is 0 Å². The first kappa shape index (κ1) is 18.0. The van der Waals surface area contributed by atoms with Crippen molar-refractivity contribution >= 4 is 11.8 Å². The van der Waals surface area contributed by atoms with Crippen LogP contribution in [-0.4, -0.2) is 60.9 Å². The molecule has 0 saturated carbocycles. The lowest BCUT2D eigenvalue weighted by molar-refractivity contribution is -0.138. The van der Waals surface area contributed by atoms with Crippen molar-refractivity contribution in [2.75, 3.05) is 39.3 Å². The van der Waals surface area contributed by atoms with Crippen molar-refractivity contribution in [1.82, 2.24) is 15.1 Å². The zero-order valence-corrected chi connectivity index (χ0v) is 14.8. The summed E-state index contributed by atoms with van der Waals surface area (Å²) in [5.74, 6) is 1.63. The second kappa shape index (κ2) is 8.48. The number of nitrogens with zero attached hydrogens (tertiary/aromatic N) is 2. The molecule has 0 aromatic heterocycles. The third-order valence-electron chi connectivity index (χ3n) is 5.32. The van der Waals surface area contributed by atoms with Crippen LogP contribution in [0.1, 0.15) is 40.0 Å². The van der Waals surface area contributed by atoms with Crippen LogP contribution in [0.4, 0.5) is 0 Å². The van der Waals surface area contributed by atoms with Gasteiger partial charge in [0.25, 0.3) is 0 Å². The Morgan fingerprint density at radius 2 is 1.87 bits per heavy atom. The Kier molecular flexibility index (Phi) is 6.63. The summed E-state index contributed by atoms with van der Waals surface area (Å²) in [6.45, 7) is 10.5. The molecule has 2 rings (SSSR count). The molecule has 2 unspecified atom stereocenters. The van der Waals surface area contributed by atoms with E-state index in [4.69, 9.17) is 0 Å². The molecule has 0 radical (unpaired) electrons. The Hall–Kier alpha value is -1.36. The summed E-state index contributed by atoms with van der Waals surface area (Å²) in [5.41, 5.74) is 1.49. The number of rotatable bonds is 5. The molecule has 0 aromatic rings. The summed E-state index contributed by atoms with van der Waals surface area (Å²) < 4.78 is 0. The van der Waals surface area contributed by atoms with E-state index >= 15 is 0 Å². The van der Waals surface area contributed by atoms with Crippen molar-refractivity contribution in [3.8, 4) is 0 Å². The highest BCUT2D eigenvalue weighted by Crippen LogP contribution is 2.29. The minimum Gasteiger partial charge on any atom is -0.339 e.